The molecule has 10 heteroatoms. The third-order valence-electron chi connectivity index (χ3n) is 4.38. The number of rotatable bonds is 9. The SMILES string of the molecule is COCCn1c(C)cc(C(=O)COC(=O)c2ccc(S(=O)(=O)C(F)F)cc2)c1C. The molecular formula is C19H21F2NO6S. The Balaban J connectivity index is 2.05. The number of esters is 1. The van der Waals surface area contributed by atoms with Crippen LogP contribution < -0.4 is 0 Å². The maximum Gasteiger partial charge on any atom is 0.341 e. The smallest absolute Gasteiger partial charge is 0.341 e. The third kappa shape index (κ3) is 5.07. The van der Waals surface area contributed by atoms with E-state index in [1.807, 2.05) is 11.5 Å². The van der Waals surface area contributed by atoms with Crippen molar-refractivity contribution in [2.45, 2.75) is 31.0 Å². The Labute approximate surface area is 167 Å². The number of ketones is 1. The number of halogens is 2. The molecule has 0 bridgehead atoms. The first-order valence-corrected chi connectivity index (χ1v) is 10.1. The highest BCUT2D eigenvalue weighted by Crippen LogP contribution is 2.19. The molecule has 0 spiro atoms. The lowest BCUT2D eigenvalue weighted by Crippen LogP contribution is -2.16. The molecule has 0 radical (unpaired) electrons. The van der Waals surface area contributed by atoms with Crippen molar-refractivity contribution < 1.29 is 36.3 Å². The number of nitrogens with zero attached hydrogens (tertiary/aromatic N) is 1. The quantitative estimate of drug-likeness (QED) is 0.450. The highest BCUT2D eigenvalue weighted by molar-refractivity contribution is 7.91. The summed E-state index contributed by atoms with van der Waals surface area (Å²) in [6, 6.07) is 5.59. The van der Waals surface area contributed by atoms with Crippen LogP contribution in [0.5, 0.6) is 0 Å². The number of Topliss-reactive ketones (excluding diaryl/α,β-unsaturated/α-hetero) is 1. The molecule has 0 fully saturated rings. The normalized spacial score (nSPS) is 11.7. The van der Waals surface area contributed by atoms with Gasteiger partial charge < -0.3 is 14.0 Å². The van der Waals surface area contributed by atoms with E-state index in [0.717, 1.165) is 35.7 Å². The van der Waals surface area contributed by atoms with Gasteiger partial charge >= 0.3 is 11.7 Å². The second-order valence-corrected chi connectivity index (χ2v) is 8.18. The minimum absolute atomic E-state index is 0.0587. The van der Waals surface area contributed by atoms with E-state index < -0.39 is 38.8 Å². The minimum Gasteiger partial charge on any atom is -0.454 e. The van der Waals surface area contributed by atoms with E-state index in [4.69, 9.17) is 9.47 Å². The van der Waals surface area contributed by atoms with Crippen LogP contribution >= 0.6 is 0 Å². The zero-order chi connectivity index (χ0) is 21.8. The molecule has 0 N–H and O–H groups in total. The van der Waals surface area contributed by atoms with Gasteiger partial charge in [0.1, 0.15) is 0 Å². The zero-order valence-electron chi connectivity index (χ0n) is 16.1. The van der Waals surface area contributed by atoms with Crippen molar-refractivity contribution in [2.75, 3.05) is 20.3 Å². The summed E-state index contributed by atoms with van der Waals surface area (Å²) in [6.45, 7) is 4.18. The molecule has 0 saturated heterocycles. The van der Waals surface area contributed by atoms with Crippen molar-refractivity contribution in [3.05, 3.63) is 52.8 Å². The van der Waals surface area contributed by atoms with Gasteiger partial charge in [0, 0.05) is 30.6 Å². The number of carbonyl (C=O) groups excluding carboxylic acids is 2. The maximum absolute atomic E-state index is 12.5. The van der Waals surface area contributed by atoms with Crippen molar-refractivity contribution in [1.29, 1.82) is 0 Å². The summed E-state index contributed by atoms with van der Waals surface area (Å²) in [4.78, 5) is 23.9. The molecule has 29 heavy (non-hydrogen) atoms. The van der Waals surface area contributed by atoms with E-state index in [2.05, 4.69) is 0 Å². The van der Waals surface area contributed by atoms with Crippen LogP contribution in [-0.2, 0) is 25.9 Å². The Bertz CT molecular complexity index is 996. The van der Waals surface area contributed by atoms with Gasteiger partial charge in [-0.3, -0.25) is 4.79 Å². The average molecular weight is 429 g/mol. The Kier molecular flexibility index (Phi) is 7.26. The van der Waals surface area contributed by atoms with E-state index >= 15 is 0 Å². The van der Waals surface area contributed by atoms with E-state index in [1.165, 1.54) is 0 Å². The topological polar surface area (TPSA) is 91.7 Å². The monoisotopic (exact) mass is 429 g/mol. The second kappa shape index (κ2) is 9.27. The summed E-state index contributed by atoms with van der Waals surface area (Å²) in [7, 11) is -3.17. The number of methoxy groups -OCH3 is 1. The summed E-state index contributed by atoms with van der Waals surface area (Å²) in [5.74, 6) is -4.82. The van der Waals surface area contributed by atoms with Crippen LogP contribution in [0.15, 0.2) is 35.2 Å². The Morgan fingerprint density at radius 3 is 2.31 bits per heavy atom. The molecule has 2 aromatic rings. The van der Waals surface area contributed by atoms with Crippen molar-refractivity contribution >= 4 is 21.6 Å². The molecule has 0 amide bonds. The first-order chi connectivity index (χ1) is 13.6. The van der Waals surface area contributed by atoms with Crippen LogP contribution in [0.1, 0.15) is 32.1 Å². The molecule has 7 nitrogen and oxygen atoms in total. The molecule has 0 aliphatic heterocycles. The highest BCUT2D eigenvalue weighted by atomic mass is 32.2. The summed E-state index contributed by atoms with van der Waals surface area (Å²) in [5, 5.41) is 0. The molecule has 0 saturated carbocycles. The first-order valence-electron chi connectivity index (χ1n) is 8.57. The molecule has 0 atom stereocenters. The van der Waals surface area contributed by atoms with Gasteiger partial charge in [-0.2, -0.15) is 8.78 Å². The summed E-state index contributed by atoms with van der Waals surface area (Å²) in [6.07, 6.45) is 0. The third-order valence-corrected chi connectivity index (χ3v) is 5.78. The summed E-state index contributed by atoms with van der Waals surface area (Å²) >= 11 is 0. The van der Waals surface area contributed by atoms with Gasteiger partial charge in [0.2, 0.25) is 15.6 Å². The van der Waals surface area contributed by atoms with Gasteiger partial charge in [0.05, 0.1) is 17.1 Å². The van der Waals surface area contributed by atoms with Crippen molar-refractivity contribution in [3.63, 3.8) is 0 Å². The number of carbonyl (C=O) groups is 2. The molecule has 0 unspecified atom stereocenters. The highest BCUT2D eigenvalue weighted by Gasteiger charge is 2.26. The van der Waals surface area contributed by atoms with Crippen molar-refractivity contribution in [1.82, 2.24) is 4.57 Å². The number of aryl methyl sites for hydroxylation is 1. The van der Waals surface area contributed by atoms with E-state index in [9.17, 15) is 26.8 Å². The zero-order valence-corrected chi connectivity index (χ0v) is 17.0. The van der Waals surface area contributed by atoms with Crippen LogP contribution in [0.3, 0.4) is 0 Å². The van der Waals surface area contributed by atoms with E-state index in [-0.39, 0.29) is 5.56 Å². The first kappa shape index (κ1) is 22.7. The van der Waals surface area contributed by atoms with Crippen LogP contribution in [0, 0.1) is 13.8 Å². The molecule has 2 rings (SSSR count). The predicted molar refractivity (Wildman–Crippen MR) is 100 cm³/mol. The van der Waals surface area contributed by atoms with Crippen LogP contribution in [0.4, 0.5) is 8.78 Å². The van der Waals surface area contributed by atoms with Gasteiger partial charge in [0.15, 0.2) is 6.61 Å². The molecular weight excluding hydrogens is 408 g/mol. The largest absolute Gasteiger partial charge is 0.454 e. The van der Waals surface area contributed by atoms with Gasteiger partial charge in [-0.1, -0.05) is 0 Å². The molecule has 0 aliphatic rings. The fourth-order valence-electron chi connectivity index (χ4n) is 2.79. The van der Waals surface area contributed by atoms with E-state index in [0.29, 0.717) is 18.7 Å². The second-order valence-electron chi connectivity index (χ2n) is 6.26. The Hall–Kier alpha value is -2.59. The van der Waals surface area contributed by atoms with Gasteiger partial charge in [-0.05, 0) is 44.2 Å². The van der Waals surface area contributed by atoms with Crippen LogP contribution in [0.2, 0.25) is 0 Å². The molecule has 1 heterocycles. The van der Waals surface area contributed by atoms with Gasteiger partial charge in [0.25, 0.3) is 0 Å². The number of hydrogen-bond acceptors (Lipinski definition) is 6. The number of benzene rings is 1. The minimum atomic E-state index is -4.75. The Morgan fingerprint density at radius 1 is 1.14 bits per heavy atom. The Morgan fingerprint density at radius 2 is 1.76 bits per heavy atom. The van der Waals surface area contributed by atoms with Crippen molar-refractivity contribution in [3.8, 4) is 0 Å². The van der Waals surface area contributed by atoms with Gasteiger partial charge in [-0.25, -0.2) is 13.2 Å². The fraction of sp³-hybridized carbons (Fsp3) is 0.368. The lowest BCUT2D eigenvalue weighted by molar-refractivity contribution is 0.0474. The van der Waals surface area contributed by atoms with Gasteiger partial charge in [-0.15, -0.1) is 0 Å². The number of aromatic nitrogens is 1. The fourth-order valence-corrected chi connectivity index (χ4v) is 3.51. The molecule has 1 aromatic heterocycles. The molecule has 1 aromatic carbocycles. The summed E-state index contributed by atoms with van der Waals surface area (Å²) in [5.41, 5.74) is 1.95. The number of ether oxygens (including phenoxy) is 2. The molecule has 0 aliphatic carbocycles. The molecule has 158 valence electrons. The lowest BCUT2D eigenvalue weighted by atomic mass is 10.1. The maximum atomic E-state index is 12.5. The number of hydrogen-bond donors (Lipinski definition) is 0. The van der Waals surface area contributed by atoms with E-state index in [1.54, 1.807) is 20.1 Å². The lowest BCUT2D eigenvalue weighted by Gasteiger charge is -2.09. The van der Waals surface area contributed by atoms with Crippen molar-refractivity contribution in [2.24, 2.45) is 0 Å². The predicted octanol–water partition coefficient (Wildman–Crippen LogP) is 2.79. The average Bonchev–Trinajstić information content (AvgIpc) is 2.97. The number of alkyl halides is 2. The number of sulfone groups is 1. The standard InChI is InChI=1S/C19H21F2NO6S/c1-12-10-16(13(2)22(12)8-9-27-3)17(23)11-28-18(24)14-4-6-15(7-5-14)29(25,26)19(20)21/h4-7,10,19H,8-9,11H2,1-3H3. The van der Waals surface area contributed by atoms with Crippen LogP contribution in [0.25, 0.3) is 0 Å². The summed E-state index contributed by atoms with van der Waals surface area (Å²) < 4.78 is 59.8. The van der Waals surface area contributed by atoms with Crippen LogP contribution in [-0.4, -0.2) is 50.8 Å².